The Labute approximate surface area is 103 Å². The van der Waals surface area contributed by atoms with Crippen molar-refractivity contribution in [3.05, 3.63) is 12.3 Å². The van der Waals surface area contributed by atoms with Crippen LogP contribution in [0.5, 0.6) is 5.88 Å². The molecular weight excluding hydrogens is 218 g/mol. The number of anilines is 1. The summed E-state index contributed by atoms with van der Waals surface area (Å²) >= 11 is 0. The molecule has 0 saturated carbocycles. The molecule has 1 aromatic rings. The first-order valence-corrected chi connectivity index (χ1v) is 6.03. The van der Waals surface area contributed by atoms with Crippen LogP contribution >= 0.6 is 0 Å². The van der Waals surface area contributed by atoms with Gasteiger partial charge >= 0.3 is 0 Å². The van der Waals surface area contributed by atoms with Crippen LogP contribution in [0.15, 0.2) is 12.3 Å². The lowest BCUT2D eigenvalue weighted by Crippen LogP contribution is -2.14. The van der Waals surface area contributed by atoms with Crippen molar-refractivity contribution < 1.29 is 9.47 Å². The molecule has 0 aromatic carbocycles. The monoisotopic (exact) mass is 239 g/mol. The molecule has 0 fully saturated rings. The van der Waals surface area contributed by atoms with Crippen LogP contribution in [-0.2, 0) is 4.74 Å². The average Bonchev–Trinajstić information content (AvgIpc) is 2.32. The van der Waals surface area contributed by atoms with Crippen molar-refractivity contribution in [2.24, 2.45) is 0 Å². The summed E-state index contributed by atoms with van der Waals surface area (Å²) in [6.45, 7) is 8.08. The second-order valence-corrected chi connectivity index (χ2v) is 3.91. The van der Waals surface area contributed by atoms with E-state index in [2.05, 4.69) is 22.2 Å². The van der Waals surface area contributed by atoms with Gasteiger partial charge in [0.05, 0.1) is 19.3 Å². The third-order valence-electron chi connectivity index (χ3n) is 1.92. The smallest absolute Gasteiger partial charge is 0.226 e. The molecule has 1 aromatic heterocycles. The average molecular weight is 239 g/mol. The largest absolute Gasteiger partial charge is 0.478 e. The predicted molar refractivity (Wildman–Crippen MR) is 67.4 cm³/mol. The molecule has 1 N–H and O–H groups in total. The van der Waals surface area contributed by atoms with Crippen LogP contribution in [0.1, 0.15) is 27.2 Å². The third-order valence-corrected chi connectivity index (χ3v) is 1.92. The van der Waals surface area contributed by atoms with Crippen LogP contribution in [0.2, 0.25) is 0 Å². The van der Waals surface area contributed by atoms with E-state index in [1.165, 1.54) is 0 Å². The number of hydrogen-bond donors (Lipinski definition) is 1. The van der Waals surface area contributed by atoms with Gasteiger partial charge in [-0.15, -0.1) is 0 Å². The Morgan fingerprint density at radius 2 is 2.18 bits per heavy atom. The number of nitrogens with one attached hydrogen (secondary N) is 1. The molecule has 0 radical (unpaired) electrons. The fourth-order valence-corrected chi connectivity index (χ4v) is 1.17. The van der Waals surface area contributed by atoms with Crippen LogP contribution in [0.3, 0.4) is 0 Å². The van der Waals surface area contributed by atoms with E-state index in [4.69, 9.17) is 9.47 Å². The Bertz CT molecular complexity index is 318. The molecule has 1 heterocycles. The van der Waals surface area contributed by atoms with E-state index >= 15 is 0 Å². The maximum absolute atomic E-state index is 5.42. The van der Waals surface area contributed by atoms with Gasteiger partial charge in [0.15, 0.2) is 0 Å². The van der Waals surface area contributed by atoms with Crippen molar-refractivity contribution in [2.75, 3.05) is 25.1 Å². The highest BCUT2D eigenvalue weighted by Gasteiger charge is 1.99. The molecular formula is C12H21N3O2. The Balaban J connectivity index is 2.32. The molecule has 0 saturated heterocycles. The van der Waals surface area contributed by atoms with E-state index in [9.17, 15) is 0 Å². The molecule has 96 valence electrons. The number of nitrogens with zero attached hydrogens (tertiary/aromatic N) is 2. The van der Waals surface area contributed by atoms with Gasteiger partial charge in [-0.05, 0) is 20.3 Å². The maximum atomic E-state index is 5.42. The molecule has 0 aliphatic rings. The fraction of sp³-hybridized carbons (Fsp3) is 0.667. The van der Waals surface area contributed by atoms with Gasteiger partial charge in [-0.1, -0.05) is 6.92 Å². The number of aromatic nitrogens is 2. The summed E-state index contributed by atoms with van der Waals surface area (Å²) in [7, 11) is 0. The molecule has 0 atom stereocenters. The lowest BCUT2D eigenvalue weighted by atomic mass is 10.5. The summed E-state index contributed by atoms with van der Waals surface area (Å²) in [6.07, 6.45) is 2.90. The van der Waals surface area contributed by atoms with Gasteiger partial charge in [0.25, 0.3) is 0 Å². The van der Waals surface area contributed by atoms with Crippen LogP contribution in [-0.4, -0.2) is 35.8 Å². The van der Waals surface area contributed by atoms with Gasteiger partial charge in [0, 0.05) is 18.8 Å². The van der Waals surface area contributed by atoms with Crippen LogP contribution in [0, 0.1) is 0 Å². The van der Waals surface area contributed by atoms with Crippen molar-refractivity contribution in [2.45, 2.75) is 33.3 Å². The topological polar surface area (TPSA) is 56.3 Å². The first kappa shape index (κ1) is 13.7. The molecule has 17 heavy (non-hydrogen) atoms. The summed E-state index contributed by atoms with van der Waals surface area (Å²) in [5.74, 6) is 1.18. The zero-order chi connectivity index (χ0) is 12.5. The van der Waals surface area contributed by atoms with E-state index in [0.717, 1.165) is 6.42 Å². The first-order chi connectivity index (χ1) is 8.22. The molecule has 0 unspecified atom stereocenters. The van der Waals surface area contributed by atoms with Gasteiger partial charge in [0.1, 0.15) is 0 Å². The minimum absolute atomic E-state index is 0.247. The van der Waals surface area contributed by atoms with Crippen LogP contribution < -0.4 is 10.1 Å². The van der Waals surface area contributed by atoms with Gasteiger partial charge in [-0.3, -0.25) is 0 Å². The molecule has 0 spiro atoms. The minimum atomic E-state index is 0.247. The van der Waals surface area contributed by atoms with Crippen molar-refractivity contribution in [3.8, 4) is 5.88 Å². The van der Waals surface area contributed by atoms with Crippen molar-refractivity contribution >= 4 is 5.95 Å². The van der Waals surface area contributed by atoms with E-state index in [1.54, 1.807) is 12.3 Å². The first-order valence-electron chi connectivity index (χ1n) is 6.03. The summed E-state index contributed by atoms with van der Waals surface area (Å²) in [5.41, 5.74) is 0. The maximum Gasteiger partial charge on any atom is 0.226 e. The van der Waals surface area contributed by atoms with Crippen LogP contribution in [0.4, 0.5) is 5.95 Å². The zero-order valence-corrected chi connectivity index (χ0v) is 10.8. The SMILES string of the molecule is CCCOc1ccnc(NCCOC(C)C)n1. The number of ether oxygens (including phenoxy) is 2. The molecule has 0 bridgehead atoms. The highest BCUT2D eigenvalue weighted by molar-refractivity contribution is 5.27. The normalized spacial score (nSPS) is 10.6. The fourth-order valence-electron chi connectivity index (χ4n) is 1.17. The molecule has 1 rings (SSSR count). The van der Waals surface area contributed by atoms with E-state index in [-0.39, 0.29) is 6.10 Å². The highest BCUT2D eigenvalue weighted by atomic mass is 16.5. The Hall–Kier alpha value is -1.36. The van der Waals surface area contributed by atoms with Crippen molar-refractivity contribution in [1.82, 2.24) is 9.97 Å². The summed E-state index contributed by atoms with van der Waals surface area (Å²) < 4.78 is 10.8. The lowest BCUT2D eigenvalue weighted by Gasteiger charge is -2.09. The van der Waals surface area contributed by atoms with Crippen LogP contribution in [0.25, 0.3) is 0 Å². The van der Waals surface area contributed by atoms with Crippen molar-refractivity contribution in [3.63, 3.8) is 0 Å². The Morgan fingerprint density at radius 3 is 2.88 bits per heavy atom. The molecule has 0 aliphatic heterocycles. The standard InChI is InChI=1S/C12H21N3O2/c1-4-8-17-11-5-6-13-12(15-11)14-7-9-16-10(2)3/h5-6,10H,4,7-9H2,1-3H3,(H,13,14,15). The second-order valence-electron chi connectivity index (χ2n) is 3.91. The molecule has 5 nitrogen and oxygen atoms in total. The van der Waals surface area contributed by atoms with E-state index in [1.807, 2.05) is 13.8 Å². The predicted octanol–water partition coefficient (Wildman–Crippen LogP) is 2.10. The summed E-state index contributed by atoms with van der Waals surface area (Å²) in [4.78, 5) is 8.33. The molecule has 0 amide bonds. The van der Waals surface area contributed by atoms with Gasteiger partial charge < -0.3 is 14.8 Å². The Kier molecular flexibility index (Phi) is 6.32. The lowest BCUT2D eigenvalue weighted by molar-refractivity contribution is 0.0869. The minimum Gasteiger partial charge on any atom is -0.478 e. The summed E-state index contributed by atoms with van der Waals surface area (Å²) in [5, 5.41) is 3.09. The molecule has 0 aliphatic carbocycles. The van der Waals surface area contributed by atoms with Gasteiger partial charge in [0.2, 0.25) is 11.8 Å². The highest BCUT2D eigenvalue weighted by Crippen LogP contribution is 2.08. The van der Waals surface area contributed by atoms with E-state index < -0.39 is 0 Å². The van der Waals surface area contributed by atoms with Gasteiger partial charge in [-0.2, -0.15) is 4.98 Å². The third kappa shape index (κ3) is 6.06. The Morgan fingerprint density at radius 1 is 1.35 bits per heavy atom. The second kappa shape index (κ2) is 7.84. The zero-order valence-electron chi connectivity index (χ0n) is 10.8. The van der Waals surface area contributed by atoms with E-state index in [0.29, 0.717) is 31.6 Å². The van der Waals surface area contributed by atoms with Gasteiger partial charge in [-0.25, -0.2) is 4.98 Å². The quantitative estimate of drug-likeness (QED) is 0.704. The number of rotatable bonds is 8. The number of hydrogen-bond acceptors (Lipinski definition) is 5. The summed E-state index contributed by atoms with van der Waals surface area (Å²) in [6, 6.07) is 1.76. The van der Waals surface area contributed by atoms with Crippen molar-refractivity contribution in [1.29, 1.82) is 0 Å². The molecule has 5 heteroatoms.